The molecule has 0 unspecified atom stereocenters. The monoisotopic (exact) mass is 420 g/mol. The molecule has 31 heavy (non-hydrogen) atoms. The molecule has 0 N–H and O–H groups in total. The summed E-state index contributed by atoms with van der Waals surface area (Å²) in [6.07, 6.45) is 0. The number of ether oxygens (including phenoxy) is 2. The van der Waals surface area contributed by atoms with Crippen LogP contribution in [0.4, 0.5) is 0 Å². The molecule has 2 heterocycles. The molecule has 0 saturated carbocycles. The van der Waals surface area contributed by atoms with Crippen LogP contribution >= 0.6 is 0 Å². The number of benzene rings is 2. The van der Waals surface area contributed by atoms with Crippen molar-refractivity contribution in [2.45, 2.75) is 40.8 Å². The number of rotatable bonds is 7. The first-order valence-electron chi connectivity index (χ1n) is 11.1. The third-order valence-corrected chi connectivity index (χ3v) is 5.63. The van der Waals surface area contributed by atoms with E-state index in [2.05, 4.69) is 62.1 Å². The second kappa shape index (κ2) is 9.73. The second-order valence-corrected chi connectivity index (χ2v) is 8.24. The molecular weight excluding hydrogens is 388 g/mol. The summed E-state index contributed by atoms with van der Waals surface area (Å²) in [6, 6.07) is 13.0. The lowest BCUT2D eigenvalue weighted by molar-refractivity contribution is 0.0342. The summed E-state index contributed by atoms with van der Waals surface area (Å²) >= 11 is 0. The summed E-state index contributed by atoms with van der Waals surface area (Å²) in [6.45, 7) is 13.9. The van der Waals surface area contributed by atoms with E-state index in [0.29, 0.717) is 19.0 Å². The van der Waals surface area contributed by atoms with Crippen LogP contribution in [0.5, 0.6) is 0 Å². The number of hydrogen-bond acceptors (Lipinski definition) is 5. The molecule has 0 atom stereocenters. The Morgan fingerprint density at radius 3 is 2.48 bits per heavy atom. The fourth-order valence-electron chi connectivity index (χ4n) is 4.28. The summed E-state index contributed by atoms with van der Waals surface area (Å²) in [5.41, 5.74) is 7.07. The van der Waals surface area contributed by atoms with E-state index in [9.17, 15) is 0 Å². The molecule has 0 amide bonds. The largest absolute Gasteiger partial charge is 0.379 e. The predicted molar refractivity (Wildman–Crippen MR) is 122 cm³/mol. The third kappa shape index (κ3) is 5.03. The zero-order chi connectivity index (χ0) is 21.8. The highest BCUT2D eigenvalue weighted by Gasteiger charge is 2.18. The van der Waals surface area contributed by atoms with Crippen molar-refractivity contribution in [2.24, 2.45) is 0 Å². The van der Waals surface area contributed by atoms with Gasteiger partial charge in [0.05, 0.1) is 18.9 Å². The first kappa shape index (κ1) is 21.7. The average Bonchev–Trinajstić information content (AvgIpc) is 3.16. The van der Waals surface area contributed by atoms with E-state index in [-0.39, 0.29) is 0 Å². The third-order valence-electron chi connectivity index (χ3n) is 5.63. The predicted octanol–water partition coefficient (Wildman–Crippen LogP) is 4.23. The Morgan fingerprint density at radius 2 is 1.77 bits per heavy atom. The van der Waals surface area contributed by atoms with Gasteiger partial charge in [-0.3, -0.25) is 4.90 Å². The molecule has 4 rings (SSSR count). The molecule has 0 bridgehead atoms. The Balaban J connectivity index is 1.74. The van der Waals surface area contributed by atoms with Crippen molar-refractivity contribution in [3.05, 3.63) is 64.5 Å². The minimum absolute atomic E-state index is 0.411. The van der Waals surface area contributed by atoms with E-state index >= 15 is 0 Å². The highest BCUT2D eigenvalue weighted by atomic mass is 16.5. The van der Waals surface area contributed by atoms with Crippen molar-refractivity contribution in [3.8, 4) is 17.1 Å². The van der Waals surface area contributed by atoms with Gasteiger partial charge < -0.3 is 9.47 Å². The van der Waals surface area contributed by atoms with Crippen LogP contribution in [-0.2, 0) is 22.6 Å². The minimum Gasteiger partial charge on any atom is -0.379 e. The number of hydrogen-bond donors (Lipinski definition) is 0. The Morgan fingerprint density at radius 1 is 1.03 bits per heavy atom. The lowest BCUT2D eigenvalue weighted by Crippen LogP contribution is -2.35. The summed E-state index contributed by atoms with van der Waals surface area (Å²) < 4.78 is 13.1. The minimum atomic E-state index is 0.411. The molecule has 1 aliphatic rings. The molecule has 164 valence electrons. The normalized spacial score (nSPS) is 14.8. The number of aromatic nitrogens is 3. The fourth-order valence-corrected chi connectivity index (χ4v) is 4.28. The van der Waals surface area contributed by atoms with E-state index in [1.54, 1.807) is 0 Å². The highest BCUT2D eigenvalue weighted by Crippen LogP contribution is 2.27. The van der Waals surface area contributed by atoms with Crippen molar-refractivity contribution in [1.29, 1.82) is 0 Å². The summed E-state index contributed by atoms with van der Waals surface area (Å²) in [7, 11) is 0. The van der Waals surface area contributed by atoms with Crippen LogP contribution in [0.25, 0.3) is 17.1 Å². The van der Waals surface area contributed by atoms with Crippen molar-refractivity contribution >= 4 is 0 Å². The fraction of sp³-hybridized carbons (Fsp3) is 0.440. The molecule has 1 fully saturated rings. The van der Waals surface area contributed by atoms with Crippen LogP contribution in [0.3, 0.4) is 0 Å². The van der Waals surface area contributed by atoms with Crippen LogP contribution < -0.4 is 0 Å². The van der Waals surface area contributed by atoms with Crippen LogP contribution in [0.15, 0.2) is 36.4 Å². The molecule has 3 aromatic rings. The van der Waals surface area contributed by atoms with Crippen molar-refractivity contribution in [2.75, 3.05) is 32.9 Å². The van der Waals surface area contributed by atoms with Gasteiger partial charge in [0, 0.05) is 31.8 Å². The van der Waals surface area contributed by atoms with Gasteiger partial charge in [-0.15, -0.1) is 5.10 Å². The molecule has 1 aliphatic heterocycles. The number of nitrogens with zero attached hydrogens (tertiary/aromatic N) is 4. The van der Waals surface area contributed by atoms with Crippen molar-refractivity contribution in [3.63, 3.8) is 0 Å². The van der Waals surface area contributed by atoms with E-state index in [4.69, 9.17) is 19.6 Å². The molecular formula is C25H32N4O2. The molecule has 6 nitrogen and oxygen atoms in total. The van der Waals surface area contributed by atoms with Gasteiger partial charge in [-0.1, -0.05) is 35.9 Å². The summed E-state index contributed by atoms with van der Waals surface area (Å²) in [5, 5.41) is 4.84. The summed E-state index contributed by atoms with van der Waals surface area (Å²) in [5.74, 6) is 1.56. The molecule has 0 aliphatic carbocycles. The van der Waals surface area contributed by atoms with E-state index < -0.39 is 0 Å². The van der Waals surface area contributed by atoms with Crippen molar-refractivity contribution in [1.82, 2.24) is 19.7 Å². The maximum absolute atomic E-state index is 5.61. The van der Waals surface area contributed by atoms with Gasteiger partial charge in [0.15, 0.2) is 11.6 Å². The first-order chi connectivity index (χ1) is 15.0. The molecule has 1 aromatic heterocycles. The van der Waals surface area contributed by atoms with Gasteiger partial charge in [-0.05, 0) is 50.5 Å². The maximum atomic E-state index is 5.61. The Hall–Kier alpha value is -2.54. The average molecular weight is 421 g/mol. The van der Waals surface area contributed by atoms with Gasteiger partial charge >= 0.3 is 0 Å². The quantitative estimate of drug-likeness (QED) is 0.573. The highest BCUT2D eigenvalue weighted by molar-refractivity contribution is 5.61. The van der Waals surface area contributed by atoms with E-state index in [1.165, 1.54) is 22.3 Å². The molecule has 2 aromatic carbocycles. The van der Waals surface area contributed by atoms with Crippen molar-refractivity contribution < 1.29 is 9.47 Å². The standard InChI is InChI=1S/C25H32N4O2/c1-5-30-17-23-26-25(29(27-23)24-19(3)13-18(2)14-20(24)4)22-8-6-7-21(15-22)16-28-9-11-31-12-10-28/h6-8,13-15H,5,9-12,16-17H2,1-4H3. The summed E-state index contributed by atoms with van der Waals surface area (Å²) in [4.78, 5) is 7.31. The smallest absolute Gasteiger partial charge is 0.177 e. The Bertz CT molecular complexity index is 1010. The van der Waals surface area contributed by atoms with Crippen LogP contribution in [-0.4, -0.2) is 52.6 Å². The van der Waals surface area contributed by atoms with Gasteiger partial charge in [-0.25, -0.2) is 9.67 Å². The zero-order valence-electron chi connectivity index (χ0n) is 19.0. The second-order valence-electron chi connectivity index (χ2n) is 8.24. The van der Waals surface area contributed by atoms with Gasteiger partial charge in [0.1, 0.15) is 6.61 Å². The van der Waals surface area contributed by atoms with Crippen LogP contribution in [0, 0.1) is 20.8 Å². The molecule has 0 spiro atoms. The van der Waals surface area contributed by atoms with Crippen LogP contribution in [0.1, 0.15) is 35.0 Å². The van der Waals surface area contributed by atoms with E-state index in [0.717, 1.165) is 49.9 Å². The van der Waals surface area contributed by atoms with Crippen LogP contribution in [0.2, 0.25) is 0 Å². The molecule has 6 heteroatoms. The lowest BCUT2D eigenvalue weighted by Gasteiger charge is -2.26. The zero-order valence-corrected chi connectivity index (χ0v) is 19.0. The molecule has 0 radical (unpaired) electrons. The first-order valence-corrected chi connectivity index (χ1v) is 11.1. The molecule has 1 saturated heterocycles. The Labute approximate surface area is 184 Å². The lowest BCUT2D eigenvalue weighted by atomic mass is 10.0. The van der Waals surface area contributed by atoms with Gasteiger partial charge in [0.25, 0.3) is 0 Å². The number of aryl methyl sites for hydroxylation is 3. The Kier molecular flexibility index (Phi) is 6.80. The topological polar surface area (TPSA) is 52.4 Å². The van der Waals surface area contributed by atoms with E-state index in [1.807, 2.05) is 11.6 Å². The van der Waals surface area contributed by atoms with Gasteiger partial charge in [0.2, 0.25) is 0 Å². The number of morpholine rings is 1. The van der Waals surface area contributed by atoms with Gasteiger partial charge in [-0.2, -0.15) is 0 Å². The SMILES string of the molecule is CCOCc1nc(-c2cccc(CN3CCOCC3)c2)n(-c2c(C)cc(C)cc2C)n1. The maximum Gasteiger partial charge on any atom is 0.177 e.